The van der Waals surface area contributed by atoms with Crippen molar-refractivity contribution in [3.8, 4) is 0 Å². The van der Waals surface area contributed by atoms with Crippen LogP contribution in [0.5, 0.6) is 0 Å². The van der Waals surface area contributed by atoms with Gasteiger partial charge in [-0.1, -0.05) is 19.3 Å². The summed E-state index contributed by atoms with van der Waals surface area (Å²) in [5, 5.41) is 11.3. The van der Waals surface area contributed by atoms with E-state index in [-0.39, 0.29) is 11.5 Å². The minimum atomic E-state index is -1.19. The topological polar surface area (TPSA) is 88.8 Å². The van der Waals surface area contributed by atoms with E-state index in [9.17, 15) is 9.59 Å². The number of nitrogens with one attached hydrogen (secondary N) is 1. The molecule has 1 amide bonds. The number of hydrogen-bond acceptors (Lipinski definition) is 4. The van der Waals surface area contributed by atoms with Crippen molar-refractivity contribution in [3.63, 3.8) is 0 Å². The first-order chi connectivity index (χ1) is 9.66. The molecule has 6 nitrogen and oxygen atoms in total. The number of carbonyl (C=O) groups excluding carboxylic acids is 1. The molecule has 1 aromatic rings. The Kier molecular flexibility index (Phi) is 5.17. The number of ether oxygens (including phenoxy) is 1. The summed E-state index contributed by atoms with van der Waals surface area (Å²) in [6.07, 6.45) is 6.19. The molecule has 0 saturated heterocycles. The molecule has 110 valence electrons. The molecule has 0 radical (unpaired) electrons. The number of carbonyl (C=O) groups is 2. The zero-order valence-electron chi connectivity index (χ0n) is 11.3. The maximum atomic E-state index is 11.7. The molecule has 0 aromatic carbocycles. The van der Waals surface area contributed by atoms with E-state index in [4.69, 9.17) is 14.3 Å². The fourth-order valence-corrected chi connectivity index (χ4v) is 2.28. The molecule has 1 saturated carbocycles. The number of carboxylic acid groups (broad SMARTS) is 1. The maximum absolute atomic E-state index is 11.7. The number of amides is 1. The van der Waals surface area contributed by atoms with E-state index < -0.39 is 11.9 Å². The van der Waals surface area contributed by atoms with Crippen LogP contribution in [0.15, 0.2) is 16.5 Å². The number of carboxylic acids is 1. The Hall–Kier alpha value is -1.82. The summed E-state index contributed by atoms with van der Waals surface area (Å²) in [6, 6.07) is 2.61. The third kappa shape index (κ3) is 4.09. The van der Waals surface area contributed by atoms with Gasteiger partial charge < -0.3 is 19.6 Å². The van der Waals surface area contributed by atoms with Gasteiger partial charge in [-0.15, -0.1) is 0 Å². The summed E-state index contributed by atoms with van der Waals surface area (Å²) in [5.74, 6) is -1.86. The highest BCUT2D eigenvalue weighted by molar-refractivity contribution is 5.93. The Morgan fingerprint density at radius 1 is 1.25 bits per heavy atom. The average molecular weight is 281 g/mol. The molecule has 20 heavy (non-hydrogen) atoms. The molecule has 1 aliphatic rings. The summed E-state index contributed by atoms with van der Waals surface area (Å²) in [4.78, 5) is 22.3. The van der Waals surface area contributed by atoms with Crippen LogP contribution >= 0.6 is 0 Å². The molecular formula is C14H19NO5. The highest BCUT2D eigenvalue weighted by Gasteiger charge is 2.15. The first kappa shape index (κ1) is 14.6. The van der Waals surface area contributed by atoms with Crippen molar-refractivity contribution >= 4 is 11.9 Å². The molecule has 0 aliphatic heterocycles. The van der Waals surface area contributed by atoms with Crippen molar-refractivity contribution in [1.82, 2.24) is 5.32 Å². The first-order valence-electron chi connectivity index (χ1n) is 6.90. The van der Waals surface area contributed by atoms with Crippen molar-refractivity contribution in [3.05, 3.63) is 23.7 Å². The lowest BCUT2D eigenvalue weighted by Gasteiger charge is -2.21. The van der Waals surface area contributed by atoms with Crippen LogP contribution in [0.1, 0.15) is 53.2 Å². The molecule has 0 atom stereocenters. The summed E-state index contributed by atoms with van der Waals surface area (Å²) >= 11 is 0. The maximum Gasteiger partial charge on any atom is 0.371 e. The standard InChI is InChI=1S/C14H19NO5/c16-13(11-6-7-12(20-11)14(17)18)15-8-9-19-10-4-2-1-3-5-10/h6-7,10H,1-5,8-9H2,(H,15,16)(H,17,18). The van der Waals surface area contributed by atoms with E-state index in [1.807, 2.05) is 0 Å². The molecule has 2 N–H and O–H groups in total. The Morgan fingerprint density at radius 2 is 1.95 bits per heavy atom. The Balaban J connectivity index is 1.67. The molecule has 1 aromatic heterocycles. The second-order valence-electron chi connectivity index (χ2n) is 4.86. The fourth-order valence-electron chi connectivity index (χ4n) is 2.28. The normalized spacial score (nSPS) is 16.0. The molecule has 0 unspecified atom stereocenters. The van der Waals surface area contributed by atoms with E-state index in [0.717, 1.165) is 12.8 Å². The van der Waals surface area contributed by atoms with Crippen LogP contribution in [0, 0.1) is 0 Å². The second kappa shape index (κ2) is 7.09. The van der Waals surface area contributed by atoms with Gasteiger partial charge in [-0.3, -0.25) is 4.79 Å². The van der Waals surface area contributed by atoms with Crippen LogP contribution in [0.4, 0.5) is 0 Å². The zero-order valence-corrected chi connectivity index (χ0v) is 11.3. The lowest BCUT2D eigenvalue weighted by molar-refractivity contribution is 0.0298. The highest BCUT2D eigenvalue weighted by Crippen LogP contribution is 2.19. The number of aromatic carboxylic acids is 1. The number of furan rings is 1. The van der Waals surface area contributed by atoms with Gasteiger partial charge in [0.15, 0.2) is 5.76 Å². The Labute approximate surface area is 117 Å². The van der Waals surface area contributed by atoms with Crippen LogP contribution in [-0.2, 0) is 4.74 Å². The van der Waals surface area contributed by atoms with Crippen LogP contribution in [0.3, 0.4) is 0 Å². The third-order valence-corrected chi connectivity index (χ3v) is 3.33. The molecule has 1 aliphatic carbocycles. The van der Waals surface area contributed by atoms with E-state index in [1.54, 1.807) is 0 Å². The predicted octanol–water partition coefficient (Wildman–Crippen LogP) is 2.06. The molecule has 0 bridgehead atoms. The largest absolute Gasteiger partial charge is 0.475 e. The monoisotopic (exact) mass is 281 g/mol. The van der Waals surface area contributed by atoms with Crippen molar-refractivity contribution in [1.29, 1.82) is 0 Å². The van der Waals surface area contributed by atoms with E-state index in [2.05, 4.69) is 5.32 Å². The van der Waals surface area contributed by atoms with Gasteiger partial charge in [0.05, 0.1) is 12.7 Å². The Bertz CT molecular complexity index is 462. The number of rotatable bonds is 6. The highest BCUT2D eigenvalue weighted by atomic mass is 16.5. The van der Waals surface area contributed by atoms with Gasteiger partial charge in [0.1, 0.15) is 0 Å². The molecular weight excluding hydrogens is 262 g/mol. The SMILES string of the molecule is O=C(O)c1ccc(C(=O)NCCOC2CCCCC2)o1. The Morgan fingerprint density at radius 3 is 2.60 bits per heavy atom. The van der Waals surface area contributed by atoms with Crippen molar-refractivity contribution in [2.24, 2.45) is 0 Å². The molecule has 6 heteroatoms. The van der Waals surface area contributed by atoms with E-state index >= 15 is 0 Å². The van der Waals surface area contributed by atoms with E-state index in [1.165, 1.54) is 31.4 Å². The van der Waals surface area contributed by atoms with Crippen molar-refractivity contribution in [2.75, 3.05) is 13.2 Å². The van der Waals surface area contributed by atoms with Gasteiger partial charge in [-0.05, 0) is 25.0 Å². The van der Waals surface area contributed by atoms with Crippen LogP contribution < -0.4 is 5.32 Å². The van der Waals surface area contributed by atoms with Crippen LogP contribution in [0.25, 0.3) is 0 Å². The van der Waals surface area contributed by atoms with Gasteiger partial charge >= 0.3 is 5.97 Å². The molecule has 0 spiro atoms. The lowest BCUT2D eigenvalue weighted by Crippen LogP contribution is -2.29. The first-order valence-corrected chi connectivity index (χ1v) is 6.90. The van der Waals surface area contributed by atoms with Gasteiger partial charge in [0, 0.05) is 6.54 Å². The van der Waals surface area contributed by atoms with Crippen LogP contribution in [0.2, 0.25) is 0 Å². The summed E-state index contributed by atoms with van der Waals surface area (Å²) in [6.45, 7) is 0.849. The third-order valence-electron chi connectivity index (χ3n) is 3.33. The van der Waals surface area contributed by atoms with E-state index in [0.29, 0.717) is 19.3 Å². The summed E-state index contributed by atoms with van der Waals surface area (Å²) in [7, 11) is 0. The van der Waals surface area contributed by atoms with Crippen LogP contribution in [-0.4, -0.2) is 36.2 Å². The molecule has 1 fully saturated rings. The zero-order chi connectivity index (χ0) is 14.4. The summed E-state index contributed by atoms with van der Waals surface area (Å²) < 4.78 is 10.6. The summed E-state index contributed by atoms with van der Waals surface area (Å²) in [5.41, 5.74) is 0. The van der Waals surface area contributed by atoms with Crippen molar-refractivity contribution in [2.45, 2.75) is 38.2 Å². The van der Waals surface area contributed by atoms with Gasteiger partial charge in [0.25, 0.3) is 5.91 Å². The number of hydrogen-bond donors (Lipinski definition) is 2. The van der Waals surface area contributed by atoms with Gasteiger partial charge in [-0.25, -0.2) is 4.79 Å². The minimum Gasteiger partial charge on any atom is -0.475 e. The molecule has 1 heterocycles. The fraction of sp³-hybridized carbons (Fsp3) is 0.571. The predicted molar refractivity (Wildman–Crippen MR) is 70.8 cm³/mol. The minimum absolute atomic E-state index is 0.0000615. The van der Waals surface area contributed by atoms with Crippen molar-refractivity contribution < 1.29 is 23.8 Å². The van der Waals surface area contributed by atoms with Gasteiger partial charge in [-0.2, -0.15) is 0 Å². The lowest BCUT2D eigenvalue weighted by atomic mass is 9.98. The second-order valence-corrected chi connectivity index (χ2v) is 4.86. The van der Waals surface area contributed by atoms with Gasteiger partial charge in [0.2, 0.25) is 5.76 Å². The molecule has 2 rings (SSSR count). The smallest absolute Gasteiger partial charge is 0.371 e. The quantitative estimate of drug-likeness (QED) is 0.779. The average Bonchev–Trinajstić information content (AvgIpc) is 2.94.